The minimum atomic E-state index is -0.198. The Bertz CT molecular complexity index is 1280. The monoisotopic (exact) mass is 513 g/mol. The summed E-state index contributed by atoms with van der Waals surface area (Å²) in [5, 5.41) is 7.69. The van der Waals surface area contributed by atoms with Crippen molar-refractivity contribution in [2.45, 2.75) is 50.2 Å². The molecule has 1 unspecified atom stereocenters. The molecular formula is C31H32ClN3O2. The summed E-state index contributed by atoms with van der Waals surface area (Å²) in [6.07, 6.45) is 4.62. The van der Waals surface area contributed by atoms with Crippen molar-refractivity contribution >= 4 is 29.1 Å². The number of carbonyl (C=O) groups is 2. The number of benzene rings is 3. The standard InChI is InChI=1S/C31H32ClN3O2/c32-22-16-14-20(15-17-22)28-25-18-19-35(29(25)23-10-4-6-12-26(23)33-28)31(37)24-11-5-7-13-27(24)34-30(36)21-8-2-1-3-9-21/h1-4,6,8-10,12,14-17,24-25,27-29,33H,5,7,11,13,18-19H2,(H,34,36)/t24-,25-,27?,28+,29+/m0/s1. The van der Waals surface area contributed by atoms with E-state index in [2.05, 4.69) is 45.9 Å². The summed E-state index contributed by atoms with van der Waals surface area (Å²) in [6.45, 7) is 0.726. The predicted molar refractivity (Wildman–Crippen MR) is 146 cm³/mol. The lowest BCUT2D eigenvalue weighted by Crippen LogP contribution is -2.50. The number of nitrogens with one attached hydrogen (secondary N) is 2. The summed E-state index contributed by atoms with van der Waals surface area (Å²) >= 11 is 6.18. The van der Waals surface area contributed by atoms with Gasteiger partial charge in [-0.3, -0.25) is 9.59 Å². The van der Waals surface area contributed by atoms with Gasteiger partial charge >= 0.3 is 0 Å². The van der Waals surface area contributed by atoms with Crippen LogP contribution in [0.4, 0.5) is 5.69 Å². The summed E-state index contributed by atoms with van der Waals surface area (Å²) in [4.78, 5) is 29.3. The van der Waals surface area contributed by atoms with Crippen molar-refractivity contribution in [3.63, 3.8) is 0 Å². The summed E-state index contributed by atoms with van der Waals surface area (Å²) in [5.74, 6) is 0.147. The molecule has 5 atom stereocenters. The summed E-state index contributed by atoms with van der Waals surface area (Å²) in [7, 11) is 0. The van der Waals surface area contributed by atoms with E-state index in [4.69, 9.17) is 11.6 Å². The topological polar surface area (TPSA) is 61.4 Å². The van der Waals surface area contributed by atoms with E-state index < -0.39 is 0 Å². The average Bonchev–Trinajstić information content (AvgIpc) is 3.39. The van der Waals surface area contributed by atoms with E-state index in [0.717, 1.165) is 49.4 Å². The Kier molecular flexibility index (Phi) is 6.64. The number of fused-ring (bicyclic) bond motifs is 3. The Morgan fingerprint density at radius 1 is 0.865 bits per heavy atom. The van der Waals surface area contributed by atoms with Crippen LogP contribution in [0.1, 0.15) is 65.7 Å². The predicted octanol–water partition coefficient (Wildman–Crippen LogP) is 6.39. The molecule has 1 aliphatic carbocycles. The molecule has 190 valence electrons. The van der Waals surface area contributed by atoms with Gasteiger partial charge in [-0.1, -0.05) is 73.0 Å². The molecule has 3 aliphatic rings. The van der Waals surface area contributed by atoms with Crippen molar-refractivity contribution in [3.8, 4) is 0 Å². The van der Waals surface area contributed by atoms with Crippen molar-refractivity contribution in [2.24, 2.45) is 11.8 Å². The fourth-order valence-electron chi connectivity index (χ4n) is 6.63. The number of likely N-dealkylation sites (tertiary alicyclic amines) is 1. The molecule has 2 heterocycles. The van der Waals surface area contributed by atoms with Gasteiger partial charge in [-0.15, -0.1) is 0 Å². The molecule has 6 heteroatoms. The Hall–Kier alpha value is -3.31. The summed E-state index contributed by atoms with van der Waals surface area (Å²) < 4.78 is 0. The normalized spacial score (nSPS) is 26.5. The molecule has 0 bridgehead atoms. The Labute approximate surface area is 223 Å². The van der Waals surface area contributed by atoms with Gasteiger partial charge in [-0.25, -0.2) is 0 Å². The van der Waals surface area contributed by atoms with E-state index in [-0.39, 0.29) is 41.8 Å². The van der Waals surface area contributed by atoms with Crippen LogP contribution in [-0.2, 0) is 4.79 Å². The maximum atomic E-state index is 14.2. The number of nitrogens with zero attached hydrogens (tertiary/aromatic N) is 1. The van der Waals surface area contributed by atoms with Crippen LogP contribution in [0, 0.1) is 11.8 Å². The molecule has 1 saturated heterocycles. The molecule has 3 aromatic carbocycles. The number of hydrogen-bond acceptors (Lipinski definition) is 3. The molecule has 6 rings (SSSR count). The first-order valence-electron chi connectivity index (χ1n) is 13.4. The zero-order valence-electron chi connectivity index (χ0n) is 20.8. The Morgan fingerprint density at radius 3 is 2.41 bits per heavy atom. The van der Waals surface area contributed by atoms with E-state index in [1.165, 1.54) is 11.1 Å². The number of anilines is 1. The van der Waals surface area contributed by atoms with Crippen LogP contribution in [-0.4, -0.2) is 29.3 Å². The molecule has 37 heavy (non-hydrogen) atoms. The van der Waals surface area contributed by atoms with Crippen LogP contribution < -0.4 is 10.6 Å². The van der Waals surface area contributed by atoms with E-state index in [1.54, 1.807) is 0 Å². The molecule has 1 saturated carbocycles. The smallest absolute Gasteiger partial charge is 0.251 e. The van der Waals surface area contributed by atoms with Crippen LogP contribution in [0.15, 0.2) is 78.9 Å². The van der Waals surface area contributed by atoms with Crippen LogP contribution in [0.2, 0.25) is 5.02 Å². The lowest BCUT2D eigenvalue weighted by atomic mass is 9.79. The number of halogens is 1. The van der Waals surface area contributed by atoms with Gasteiger partial charge in [0.1, 0.15) is 0 Å². The van der Waals surface area contributed by atoms with Gasteiger partial charge in [0.2, 0.25) is 5.91 Å². The van der Waals surface area contributed by atoms with E-state index in [9.17, 15) is 9.59 Å². The van der Waals surface area contributed by atoms with Crippen molar-refractivity contribution in [1.29, 1.82) is 0 Å². The quantitative estimate of drug-likeness (QED) is 0.425. The molecule has 3 aromatic rings. The van der Waals surface area contributed by atoms with Gasteiger partial charge < -0.3 is 15.5 Å². The molecule has 0 radical (unpaired) electrons. The van der Waals surface area contributed by atoms with Gasteiger partial charge in [0.05, 0.1) is 18.0 Å². The van der Waals surface area contributed by atoms with E-state index in [0.29, 0.717) is 5.56 Å². The van der Waals surface area contributed by atoms with Gasteiger partial charge in [0, 0.05) is 34.8 Å². The lowest BCUT2D eigenvalue weighted by Gasteiger charge is -2.42. The largest absolute Gasteiger partial charge is 0.378 e. The highest BCUT2D eigenvalue weighted by atomic mass is 35.5. The summed E-state index contributed by atoms with van der Waals surface area (Å²) in [6, 6.07) is 25.7. The molecule has 2 aliphatic heterocycles. The highest BCUT2D eigenvalue weighted by molar-refractivity contribution is 6.30. The molecule has 0 aromatic heterocycles. The Morgan fingerprint density at radius 2 is 1.59 bits per heavy atom. The molecule has 5 nitrogen and oxygen atoms in total. The zero-order chi connectivity index (χ0) is 25.4. The van der Waals surface area contributed by atoms with E-state index in [1.807, 2.05) is 48.5 Å². The fraction of sp³-hybridized carbons (Fsp3) is 0.355. The van der Waals surface area contributed by atoms with Crippen molar-refractivity contribution in [2.75, 3.05) is 11.9 Å². The van der Waals surface area contributed by atoms with Gasteiger partial charge in [-0.05, 0) is 60.7 Å². The number of carbonyl (C=O) groups excluding carboxylic acids is 2. The maximum Gasteiger partial charge on any atom is 0.251 e. The van der Waals surface area contributed by atoms with Crippen molar-refractivity contribution < 1.29 is 9.59 Å². The SMILES string of the molecule is O=C(NC1CCCC[C@@H]1C(=O)N1CC[C@H]2[C@@H](c3ccc(Cl)cc3)Nc3ccccc3[C@H]21)c1ccccc1. The zero-order valence-corrected chi connectivity index (χ0v) is 21.5. The fourth-order valence-corrected chi connectivity index (χ4v) is 6.75. The number of amides is 2. The third-order valence-electron chi connectivity index (χ3n) is 8.41. The highest BCUT2D eigenvalue weighted by Gasteiger charge is 2.48. The van der Waals surface area contributed by atoms with Gasteiger partial charge in [-0.2, -0.15) is 0 Å². The van der Waals surface area contributed by atoms with Gasteiger partial charge in [0.25, 0.3) is 5.91 Å². The van der Waals surface area contributed by atoms with Crippen molar-refractivity contribution in [1.82, 2.24) is 10.2 Å². The lowest BCUT2D eigenvalue weighted by molar-refractivity contribution is -0.138. The first-order valence-corrected chi connectivity index (χ1v) is 13.8. The van der Waals surface area contributed by atoms with Crippen LogP contribution in [0.25, 0.3) is 0 Å². The molecule has 0 spiro atoms. The van der Waals surface area contributed by atoms with Crippen LogP contribution in [0.5, 0.6) is 0 Å². The number of rotatable bonds is 4. The third-order valence-corrected chi connectivity index (χ3v) is 8.66. The number of hydrogen-bond donors (Lipinski definition) is 2. The average molecular weight is 514 g/mol. The minimum absolute atomic E-state index is 0.0121. The molecule has 2 fully saturated rings. The molecule has 2 N–H and O–H groups in total. The second kappa shape index (κ2) is 10.2. The second-order valence-electron chi connectivity index (χ2n) is 10.5. The van der Waals surface area contributed by atoms with Crippen LogP contribution in [0.3, 0.4) is 0 Å². The van der Waals surface area contributed by atoms with Crippen molar-refractivity contribution in [3.05, 3.63) is 101 Å². The third kappa shape index (κ3) is 4.61. The minimum Gasteiger partial charge on any atom is -0.378 e. The highest BCUT2D eigenvalue weighted by Crippen LogP contribution is 2.52. The maximum absolute atomic E-state index is 14.2. The summed E-state index contributed by atoms with van der Waals surface area (Å²) in [5.41, 5.74) is 4.10. The molecular weight excluding hydrogens is 482 g/mol. The first kappa shape index (κ1) is 24.1. The molecule has 2 amide bonds. The van der Waals surface area contributed by atoms with E-state index >= 15 is 0 Å². The number of para-hydroxylation sites is 1. The Balaban J connectivity index is 1.28. The van der Waals surface area contributed by atoms with Gasteiger partial charge in [0.15, 0.2) is 0 Å². The van der Waals surface area contributed by atoms with Crippen LogP contribution >= 0.6 is 11.6 Å². The second-order valence-corrected chi connectivity index (χ2v) is 11.0. The first-order chi connectivity index (χ1) is 18.1.